The lowest BCUT2D eigenvalue weighted by Crippen LogP contribution is -2.29. The van der Waals surface area contributed by atoms with Crippen molar-refractivity contribution in [3.05, 3.63) is 12.2 Å². The second-order valence-electron chi connectivity index (χ2n) is 7.25. The van der Waals surface area contributed by atoms with Gasteiger partial charge in [0.2, 0.25) is 0 Å². The van der Waals surface area contributed by atoms with E-state index in [1.165, 1.54) is 19.3 Å². The Morgan fingerprint density at radius 1 is 1.15 bits per heavy atom. The predicted molar refractivity (Wildman–Crippen MR) is 96.9 cm³/mol. The molecule has 148 valence electrons. The van der Waals surface area contributed by atoms with E-state index in [9.17, 15) is 9.59 Å². The van der Waals surface area contributed by atoms with Gasteiger partial charge in [-0.3, -0.25) is 4.79 Å². The van der Waals surface area contributed by atoms with Crippen LogP contribution in [0.3, 0.4) is 0 Å². The van der Waals surface area contributed by atoms with Gasteiger partial charge in [-0.1, -0.05) is 38.3 Å². The molecule has 1 saturated heterocycles. The predicted octanol–water partition coefficient (Wildman–Crippen LogP) is 4.32. The minimum Gasteiger partial charge on any atom is -0.481 e. The molecule has 0 spiro atoms. The van der Waals surface area contributed by atoms with Crippen LogP contribution in [0.15, 0.2) is 12.2 Å². The van der Waals surface area contributed by atoms with Gasteiger partial charge in [0.15, 0.2) is 0 Å². The van der Waals surface area contributed by atoms with E-state index in [4.69, 9.17) is 19.3 Å². The van der Waals surface area contributed by atoms with Crippen LogP contribution in [0, 0.1) is 11.8 Å². The van der Waals surface area contributed by atoms with E-state index in [-0.39, 0.29) is 30.5 Å². The maximum absolute atomic E-state index is 11.6. The average Bonchev–Trinajstić information content (AvgIpc) is 2.84. The molecule has 0 aromatic rings. The normalized spacial score (nSPS) is 27.5. The molecule has 1 aliphatic carbocycles. The number of hydrogen-bond acceptors (Lipinski definition) is 5. The van der Waals surface area contributed by atoms with Crippen molar-refractivity contribution in [1.82, 2.24) is 0 Å². The van der Waals surface area contributed by atoms with Gasteiger partial charge in [0.1, 0.15) is 12.2 Å². The standard InChI is InChI=1S/C20H32O6/c1-2-3-4-9-12-24-14-16-15(10-7-5-6-8-11-19(21)22)17-13-18(16)26-20(23)25-17/h5,7,15-18H,2-4,6,8-14H2,1H3,(H,21,22)/b7-5-/t15-,16-,17+,18-/m1/s1. The zero-order valence-electron chi connectivity index (χ0n) is 15.7. The van der Waals surface area contributed by atoms with Crippen LogP contribution < -0.4 is 0 Å². The highest BCUT2D eigenvalue weighted by molar-refractivity contribution is 5.66. The number of unbranched alkanes of at least 4 members (excludes halogenated alkanes) is 4. The fourth-order valence-electron chi connectivity index (χ4n) is 3.83. The zero-order chi connectivity index (χ0) is 18.8. The van der Waals surface area contributed by atoms with E-state index in [1.807, 2.05) is 6.08 Å². The SMILES string of the molecule is CCCCCCOC[C@@H]1[C@@H](C/C=C\CCCC(=O)O)[C@@H]2C[C@H]1OC(=O)O2. The second-order valence-corrected chi connectivity index (χ2v) is 7.25. The first-order chi connectivity index (χ1) is 12.6. The highest BCUT2D eigenvalue weighted by Crippen LogP contribution is 2.42. The molecule has 4 atom stereocenters. The van der Waals surface area contributed by atoms with Gasteiger partial charge in [0.25, 0.3) is 0 Å². The smallest absolute Gasteiger partial charge is 0.481 e. The molecule has 2 rings (SSSR count). The van der Waals surface area contributed by atoms with Crippen LogP contribution in [0.5, 0.6) is 0 Å². The van der Waals surface area contributed by atoms with Crippen LogP contribution in [0.2, 0.25) is 0 Å². The molecule has 0 aromatic carbocycles. The van der Waals surface area contributed by atoms with Crippen LogP contribution in [0.25, 0.3) is 0 Å². The number of rotatable bonds is 13. The molecular weight excluding hydrogens is 336 g/mol. The molecule has 1 saturated carbocycles. The van der Waals surface area contributed by atoms with Crippen LogP contribution in [-0.4, -0.2) is 42.7 Å². The first-order valence-electron chi connectivity index (χ1n) is 9.93. The molecule has 2 fully saturated rings. The summed E-state index contributed by atoms with van der Waals surface area (Å²) in [6.45, 7) is 3.54. The van der Waals surface area contributed by atoms with Crippen LogP contribution in [0.4, 0.5) is 4.79 Å². The van der Waals surface area contributed by atoms with Crippen LogP contribution in [-0.2, 0) is 19.0 Å². The van der Waals surface area contributed by atoms with Crippen molar-refractivity contribution in [3.8, 4) is 0 Å². The van der Waals surface area contributed by atoms with E-state index < -0.39 is 12.1 Å². The lowest BCUT2D eigenvalue weighted by molar-refractivity contribution is -0.137. The van der Waals surface area contributed by atoms with E-state index in [1.54, 1.807) is 0 Å². The van der Waals surface area contributed by atoms with Crippen molar-refractivity contribution >= 4 is 12.1 Å². The Kier molecular flexibility index (Phi) is 8.95. The van der Waals surface area contributed by atoms with Crippen molar-refractivity contribution in [2.75, 3.05) is 13.2 Å². The molecule has 0 radical (unpaired) electrons. The summed E-state index contributed by atoms with van der Waals surface area (Å²) < 4.78 is 16.6. The first-order valence-corrected chi connectivity index (χ1v) is 9.93. The average molecular weight is 368 g/mol. The van der Waals surface area contributed by atoms with Gasteiger partial charge in [-0.25, -0.2) is 4.79 Å². The number of allylic oxidation sites excluding steroid dienone is 2. The van der Waals surface area contributed by atoms with Gasteiger partial charge in [-0.15, -0.1) is 0 Å². The Balaban J connectivity index is 1.78. The largest absolute Gasteiger partial charge is 0.508 e. The summed E-state index contributed by atoms with van der Waals surface area (Å²) in [6.07, 6.45) is 11.2. The maximum Gasteiger partial charge on any atom is 0.508 e. The van der Waals surface area contributed by atoms with Gasteiger partial charge in [0, 0.05) is 31.3 Å². The first kappa shape index (κ1) is 20.7. The summed E-state index contributed by atoms with van der Waals surface area (Å²) in [5.74, 6) is -0.387. The Morgan fingerprint density at radius 2 is 1.92 bits per heavy atom. The number of carbonyl (C=O) groups is 2. The molecular formula is C20H32O6. The van der Waals surface area contributed by atoms with Crippen molar-refractivity contribution in [2.45, 2.75) is 76.9 Å². The Hall–Kier alpha value is -1.56. The molecule has 1 N–H and O–H groups in total. The van der Waals surface area contributed by atoms with Gasteiger partial charge >= 0.3 is 12.1 Å². The molecule has 0 amide bonds. The molecule has 6 heteroatoms. The Morgan fingerprint density at radius 3 is 2.65 bits per heavy atom. The minimum atomic E-state index is -0.761. The summed E-state index contributed by atoms with van der Waals surface area (Å²) in [5, 5.41) is 8.66. The van der Waals surface area contributed by atoms with Crippen molar-refractivity contribution in [2.24, 2.45) is 11.8 Å². The molecule has 0 unspecified atom stereocenters. The van der Waals surface area contributed by atoms with Crippen molar-refractivity contribution in [3.63, 3.8) is 0 Å². The summed E-state index contributed by atoms with van der Waals surface area (Å²) >= 11 is 0. The van der Waals surface area contributed by atoms with E-state index >= 15 is 0 Å². The third-order valence-corrected chi connectivity index (χ3v) is 5.25. The van der Waals surface area contributed by atoms with Gasteiger partial charge < -0.3 is 19.3 Å². The fourth-order valence-corrected chi connectivity index (χ4v) is 3.83. The summed E-state index contributed by atoms with van der Waals surface area (Å²) in [6, 6.07) is 0. The van der Waals surface area contributed by atoms with E-state index in [0.29, 0.717) is 13.0 Å². The lowest BCUT2D eigenvalue weighted by Gasteiger charge is -2.21. The quantitative estimate of drug-likeness (QED) is 0.296. The molecule has 0 aromatic heterocycles. The number of ether oxygens (including phenoxy) is 3. The van der Waals surface area contributed by atoms with Crippen molar-refractivity contribution < 1.29 is 28.9 Å². The number of carboxylic acid groups (broad SMARTS) is 1. The van der Waals surface area contributed by atoms with Crippen molar-refractivity contribution in [1.29, 1.82) is 0 Å². The summed E-state index contributed by atoms with van der Waals surface area (Å²) in [7, 11) is 0. The van der Waals surface area contributed by atoms with Crippen LogP contribution in [0.1, 0.15) is 64.7 Å². The zero-order valence-corrected chi connectivity index (χ0v) is 15.7. The highest BCUT2D eigenvalue weighted by atomic mass is 16.7. The minimum absolute atomic E-state index is 0.0985. The Bertz CT molecular complexity index is 475. The van der Waals surface area contributed by atoms with Gasteiger partial charge in [-0.2, -0.15) is 0 Å². The number of carbonyl (C=O) groups excluding carboxylic acids is 1. The van der Waals surface area contributed by atoms with E-state index in [2.05, 4.69) is 13.0 Å². The summed E-state index contributed by atoms with van der Waals surface area (Å²) in [5.41, 5.74) is 0. The second kappa shape index (κ2) is 11.2. The Labute approximate surface area is 155 Å². The number of carboxylic acids is 1. The third-order valence-electron chi connectivity index (χ3n) is 5.25. The third kappa shape index (κ3) is 6.63. The molecule has 1 aliphatic heterocycles. The van der Waals surface area contributed by atoms with Gasteiger partial charge in [-0.05, 0) is 25.7 Å². The number of fused-ring (bicyclic) bond motifs is 2. The molecule has 26 heavy (non-hydrogen) atoms. The number of hydrogen-bond donors (Lipinski definition) is 1. The monoisotopic (exact) mass is 368 g/mol. The molecule has 2 bridgehead atoms. The van der Waals surface area contributed by atoms with Gasteiger partial charge in [0.05, 0.1) is 6.61 Å². The molecule has 6 nitrogen and oxygen atoms in total. The van der Waals surface area contributed by atoms with Crippen LogP contribution >= 0.6 is 0 Å². The summed E-state index contributed by atoms with van der Waals surface area (Å²) in [4.78, 5) is 22.1. The molecule has 1 heterocycles. The fraction of sp³-hybridized carbons (Fsp3) is 0.800. The number of aliphatic carboxylic acids is 1. The maximum atomic E-state index is 11.6. The topological polar surface area (TPSA) is 82.1 Å². The lowest BCUT2D eigenvalue weighted by atomic mass is 9.91. The highest BCUT2D eigenvalue weighted by Gasteiger charge is 2.50. The molecule has 2 aliphatic rings. The van der Waals surface area contributed by atoms with E-state index in [0.717, 1.165) is 32.3 Å².